The molecule has 35 heavy (non-hydrogen) atoms. The van der Waals surface area contributed by atoms with Crippen LogP contribution in [0.1, 0.15) is 96.4 Å². The Kier molecular flexibility index (Phi) is 6.63. The maximum Gasteiger partial charge on any atom is 0.287 e. The van der Waals surface area contributed by atoms with Crippen molar-refractivity contribution in [2.75, 3.05) is 6.61 Å². The molecule has 1 aromatic heterocycles. The zero-order chi connectivity index (χ0) is 25.4. The lowest BCUT2D eigenvalue weighted by atomic mass is 9.62. The number of nitrogens with one attached hydrogen (secondary N) is 1. The van der Waals surface area contributed by atoms with Gasteiger partial charge in [0.2, 0.25) is 5.78 Å². The number of hydrogen-bond donors (Lipinski definition) is 1. The van der Waals surface area contributed by atoms with Gasteiger partial charge in [0.25, 0.3) is 5.91 Å². The summed E-state index contributed by atoms with van der Waals surface area (Å²) in [6.45, 7) is 13.8. The van der Waals surface area contributed by atoms with E-state index < -0.39 is 0 Å². The number of hydrogen-bond acceptors (Lipinski definition) is 4. The zero-order valence-corrected chi connectivity index (χ0v) is 21.6. The molecule has 0 unspecified atom stereocenters. The summed E-state index contributed by atoms with van der Waals surface area (Å²) in [6.07, 6.45) is 2.19. The minimum atomic E-state index is -0.375. The minimum absolute atomic E-state index is 0.000421. The molecule has 2 aromatic carbocycles. The van der Waals surface area contributed by atoms with Crippen molar-refractivity contribution < 1.29 is 18.7 Å². The van der Waals surface area contributed by atoms with Crippen molar-refractivity contribution in [1.29, 1.82) is 0 Å². The van der Waals surface area contributed by atoms with Crippen LogP contribution in [-0.4, -0.2) is 18.3 Å². The highest BCUT2D eigenvalue weighted by Crippen LogP contribution is 2.46. The molecule has 184 valence electrons. The van der Waals surface area contributed by atoms with Gasteiger partial charge in [-0.05, 0) is 78.5 Å². The van der Waals surface area contributed by atoms with Gasteiger partial charge in [0.05, 0.1) is 6.61 Å². The predicted molar refractivity (Wildman–Crippen MR) is 137 cm³/mol. The Morgan fingerprint density at radius 2 is 1.57 bits per heavy atom. The van der Waals surface area contributed by atoms with E-state index >= 15 is 0 Å². The van der Waals surface area contributed by atoms with E-state index in [0.29, 0.717) is 18.7 Å². The molecule has 0 saturated heterocycles. The first kappa shape index (κ1) is 24.8. The smallest absolute Gasteiger partial charge is 0.287 e. The molecule has 0 fully saturated rings. The second kappa shape index (κ2) is 9.37. The summed E-state index contributed by atoms with van der Waals surface area (Å²) in [4.78, 5) is 26.1. The lowest BCUT2D eigenvalue weighted by Crippen LogP contribution is -2.34. The average molecular weight is 474 g/mol. The Balaban J connectivity index is 1.54. The summed E-state index contributed by atoms with van der Waals surface area (Å²) in [5, 5.41) is 2.85. The van der Waals surface area contributed by atoms with Crippen LogP contribution in [0.5, 0.6) is 5.75 Å². The van der Waals surface area contributed by atoms with Crippen LogP contribution in [0.2, 0.25) is 0 Å². The summed E-state index contributed by atoms with van der Waals surface area (Å²) in [6, 6.07) is 14.9. The standard InChI is InChI=1S/C30H35NO4/c1-7-34-24-11-9-8-10-20(24)18-31-28(33)26-13-12-25(35-26)27(32)21-17-23-22(16-19(21)2)29(3,4)14-15-30(23,5)6/h8-13,16-17H,7,14-15,18H2,1-6H3,(H,31,33). The van der Waals surface area contributed by atoms with Crippen molar-refractivity contribution in [3.63, 3.8) is 0 Å². The molecule has 0 radical (unpaired) electrons. The third kappa shape index (κ3) is 4.90. The number of carbonyl (C=O) groups excluding carboxylic acids is 2. The number of ether oxygens (including phenoxy) is 1. The highest BCUT2D eigenvalue weighted by Gasteiger charge is 2.38. The normalized spacial score (nSPS) is 15.8. The molecule has 5 heteroatoms. The van der Waals surface area contributed by atoms with E-state index in [4.69, 9.17) is 9.15 Å². The van der Waals surface area contributed by atoms with Gasteiger partial charge in [-0.3, -0.25) is 9.59 Å². The van der Waals surface area contributed by atoms with E-state index in [-0.39, 0.29) is 34.0 Å². The highest BCUT2D eigenvalue weighted by atomic mass is 16.5. The zero-order valence-electron chi connectivity index (χ0n) is 21.6. The van der Waals surface area contributed by atoms with Gasteiger partial charge in [0, 0.05) is 17.7 Å². The first-order valence-corrected chi connectivity index (χ1v) is 12.3. The fraction of sp³-hybridized carbons (Fsp3) is 0.400. The van der Waals surface area contributed by atoms with Gasteiger partial charge in [0.1, 0.15) is 5.75 Å². The molecule has 1 N–H and O–H groups in total. The number of carbonyl (C=O) groups is 2. The molecule has 0 spiro atoms. The molecule has 1 heterocycles. The Morgan fingerprint density at radius 1 is 0.943 bits per heavy atom. The van der Waals surface area contributed by atoms with Crippen LogP contribution in [0.3, 0.4) is 0 Å². The second-order valence-electron chi connectivity index (χ2n) is 10.7. The monoisotopic (exact) mass is 473 g/mol. The van der Waals surface area contributed by atoms with Gasteiger partial charge in [-0.15, -0.1) is 0 Å². The summed E-state index contributed by atoms with van der Waals surface area (Å²) in [5.74, 6) is 0.435. The molecule has 5 nitrogen and oxygen atoms in total. The Hall–Kier alpha value is -3.34. The topological polar surface area (TPSA) is 68.5 Å². The van der Waals surface area contributed by atoms with Gasteiger partial charge in [-0.2, -0.15) is 0 Å². The number of benzene rings is 2. The number of furan rings is 1. The Bertz CT molecular complexity index is 1270. The largest absolute Gasteiger partial charge is 0.494 e. The summed E-state index contributed by atoms with van der Waals surface area (Å²) in [7, 11) is 0. The Labute approximate surface area is 207 Å². The lowest BCUT2D eigenvalue weighted by Gasteiger charge is -2.42. The van der Waals surface area contributed by atoms with Gasteiger partial charge in [-0.25, -0.2) is 0 Å². The first-order chi connectivity index (χ1) is 16.5. The predicted octanol–water partition coefficient (Wildman–Crippen LogP) is 6.50. The van der Waals surface area contributed by atoms with Crippen LogP contribution >= 0.6 is 0 Å². The molecule has 0 atom stereocenters. The van der Waals surface area contributed by atoms with Crippen LogP contribution in [-0.2, 0) is 17.4 Å². The van der Waals surface area contributed by atoms with Crippen molar-refractivity contribution in [3.8, 4) is 5.75 Å². The highest BCUT2D eigenvalue weighted by molar-refractivity contribution is 6.09. The first-order valence-electron chi connectivity index (χ1n) is 12.3. The maximum atomic E-state index is 13.4. The number of ketones is 1. The van der Waals surface area contributed by atoms with E-state index in [2.05, 4.69) is 39.1 Å². The molecule has 1 amide bonds. The molecule has 0 saturated carbocycles. The van der Waals surface area contributed by atoms with E-state index in [9.17, 15) is 9.59 Å². The van der Waals surface area contributed by atoms with Crippen LogP contribution in [0.25, 0.3) is 0 Å². The van der Waals surface area contributed by atoms with Gasteiger partial charge in [0.15, 0.2) is 11.5 Å². The van der Waals surface area contributed by atoms with Crippen molar-refractivity contribution in [2.24, 2.45) is 0 Å². The van der Waals surface area contributed by atoms with Crippen molar-refractivity contribution >= 4 is 11.7 Å². The third-order valence-corrected chi connectivity index (χ3v) is 7.21. The Morgan fingerprint density at radius 3 is 2.26 bits per heavy atom. The molecule has 0 bridgehead atoms. The molecule has 1 aliphatic rings. The van der Waals surface area contributed by atoms with E-state index in [0.717, 1.165) is 29.7 Å². The van der Waals surface area contributed by atoms with Crippen LogP contribution in [0.15, 0.2) is 52.9 Å². The molecule has 3 aromatic rings. The second-order valence-corrected chi connectivity index (χ2v) is 10.7. The van der Waals surface area contributed by atoms with Crippen molar-refractivity contribution in [2.45, 2.75) is 71.8 Å². The van der Waals surface area contributed by atoms with Crippen molar-refractivity contribution in [1.82, 2.24) is 5.32 Å². The summed E-state index contributed by atoms with van der Waals surface area (Å²) < 4.78 is 11.3. The summed E-state index contributed by atoms with van der Waals surface area (Å²) >= 11 is 0. The van der Waals surface area contributed by atoms with E-state index in [1.807, 2.05) is 44.2 Å². The van der Waals surface area contributed by atoms with Crippen LogP contribution in [0.4, 0.5) is 0 Å². The van der Waals surface area contributed by atoms with Gasteiger partial charge in [-0.1, -0.05) is 52.0 Å². The fourth-order valence-electron chi connectivity index (χ4n) is 4.89. The number of para-hydroxylation sites is 1. The third-order valence-electron chi connectivity index (χ3n) is 7.21. The molecular formula is C30H35NO4. The number of aryl methyl sites for hydroxylation is 1. The van der Waals surface area contributed by atoms with Crippen molar-refractivity contribution in [3.05, 3.63) is 87.9 Å². The SMILES string of the molecule is CCOc1ccccc1CNC(=O)c1ccc(C(=O)c2cc3c(cc2C)C(C)(C)CCC3(C)C)o1. The van der Waals surface area contributed by atoms with Crippen LogP contribution < -0.4 is 10.1 Å². The van der Waals surface area contributed by atoms with Gasteiger partial charge >= 0.3 is 0 Å². The molecule has 0 aliphatic heterocycles. The minimum Gasteiger partial charge on any atom is -0.494 e. The number of rotatable bonds is 7. The lowest BCUT2D eigenvalue weighted by molar-refractivity contribution is 0.0916. The van der Waals surface area contributed by atoms with E-state index in [1.165, 1.54) is 11.1 Å². The number of amides is 1. The average Bonchev–Trinajstić information content (AvgIpc) is 3.31. The van der Waals surface area contributed by atoms with Gasteiger partial charge < -0.3 is 14.5 Å². The summed E-state index contributed by atoms with van der Waals surface area (Å²) in [5.41, 5.74) is 5.04. The number of fused-ring (bicyclic) bond motifs is 1. The quantitative estimate of drug-likeness (QED) is 0.398. The fourth-order valence-corrected chi connectivity index (χ4v) is 4.89. The molecule has 1 aliphatic carbocycles. The molecular weight excluding hydrogens is 438 g/mol. The van der Waals surface area contributed by atoms with E-state index in [1.54, 1.807) is 12.1 Å². The van der Waals surface area contributed by atoms with Crippen LogP contribution in [0, 0.1) is 6.92 Å². The maximum absolute atomic E-state index is 13.4. The molecule has 4 rings (SSSR count).